The van der Waals surface area contributed by atoms with Crippen LogP contribution >= 0.6 is 0 Å². The van der Waals surface area contributed by atoms with Crippen LogP contribution in [0.4, 0.5) is 34.6 Å². The predicted octanol–water partition coefficient (Wildman–Crippen LogP) is 6.48. The lowest BCUT2D eigenvalue weighted by Gasteiger charge is -2.13. The summed E-state index contributed by atoms with van der Waals surface area (Å²) in [6.45, 7) is 0. The Kier molecular flexibility index (Phi) is 6.98. The van der Waals surface area contributed by atoms with E-state index in [1.54, 1.807) is 24.3 Å². The van der Waals surface area contributed by atoms with Crippen LogP contribution in [0.15, 0.2) is 77.0 Å². The van der Waals surface area contributed by atoms with Crippen molar-refractivity contribution in [2.75, 3.05) is 12.4 Å². The Balaban J connectivity index is 1.79. The summed E-state index contributed by atoms with van der Waals surface area (Å²) in [6.07, 6.45) is -4.77. The summed E-state index contributed by atoms with van der Waals surface area (Å²) in [7, 11) is 1.36. The number of phenolic OH excluding ortho intramolecular Hbond substituents is 1. The normalized spacial score (nSPS) is 11.6. The van der Waals surface area contributed by atoms with E-state index in [0.29, 0.717) is 29.0 Å². The van der Waals surface area contributed by atoms with Crippen LogP contribution in [0, 0.1) is 5.82 Å². The van der Waals surface area contributed by atoms with Gasteiger partial charge in [0.15, 0.2) is 5.75 Å². The van der Waals surface area contributed by atoms with Gasteiger partial charge >= 0.3 is 6.18 Å². The number of nitrogens with one attached hydrogen (secondary N) is 1. The molecular weight excluding hydrogens is 508 g/mol. The van der Waals surface area contributed by atoms with Gasteiger partial charge < -0.3 is 20.9 Å². The molecule has 0 spiro atoms. The Morgan fingerprint density at radius 1 is 1.00 bits per heavy atom. The van der Waals surface area contributed by atoms with E-state index in [-0.39, 0.29) is 22.7 Å². The summed E-state index contributed by atoms with van der Waals surface area (Å²) in [5.74, 6) is -3.35. The van der Waals surface area contributed by atoms with E-state index in [4.69, 9.17) is 10.5 Å². The quantitative estimate of drug-likeness (QED) is 0.196. The number of ether oxygens (including phenoxy) is 1. The molecule has 4 rings (SSSR count). The maximum Gasteiger partial charge on any atom is 0.416 e. The molecule has 0 atom stereocenters. The third-order valence-corrected chi connectivity index (χ3v) is 5.50. The van der Waals surface area contributed by atoms with Crippen LogP contribution in [0.1, 0.15) is 26.3 Å². The van der Waals surface area contributed by atoms with Gasteiger partial charge in [0.05, 0.1) is 23.9 Å². The second-order valence-electron chi connectivity index (χ2n) is 7.94. The van der Waals surface area contributed by atoms with Crippen molar-refractivity contribution in [1.82, 2.24) is 0 Å². The van der Waals surface area contributed by atoms with Crippen LogP contribution in [-0.2, 0) is 6.18 Å². The van der Waals surface area contributed by atoms with Gasteiger partial charge in [-0.2, -0.15) is 13.2 Å². The first-order chi connectivity index (χ1) is 18.0. The number of nitrogens with two attached hydrogens (primary N) is 1. The fourth-order valence-corrected chi connectivity index (χ4v) is 3.60. The second kappa shape index (κ2) is 10.2. The Labute approximate surface area is 212 Å². The highest BCUT2D eigenvalue weighted by atomic mass is 19.4. The summed E-state index contributed by atoms with van der Waals surface area (Å²) in [5, 5.41) is 21.9. The van der Waals surface area contributed by atoms with E-state index in [2.05, 4.69) is 15.5 Å². The molecule has 0 bridgehead atoms. The number of rotatable bonds is 6. The van der Waals surface area contributed by atoms with Crippen molar-refractivity contribution in [1.29, 1.82) is 0 Å². The van der Waals surface area contributed by atoms with Crippen LogP contribution in [0.2, 0.25) is 0 Å². The molecule has 0 unspecified atom stereocenters. The molecule has 4 aromatic rings. The molecule has 0 saturated heterocycles. The Morgan fingerprint density at radius 3 is 2.42 bits per heavy atom. The minimum absolute atomic E-state index is 0.0909. The second-order valence-corrected chi connectivity index (χ2v) is 7.94. The van der Waals surface area contributed by atoms with Crippen molar-refractivity contribution in [3.8, 4) is 11.5 Å². The van der Waals surface area contributed by atoms with E-state index in [1.165, 1.54) is 31.4 Å². The number of methoxy groups -OCH3 is 1. The van der Waals surface area contributed by atoms with Crippen LogP contribution in [-0.4, -0.2) is 24.0 Å². The number of primary amides is 1. The number of benzene rings is 4. The van der Waals surface area contributed by atoms with E-state index in [0.717, 1.165) is 0 Å². The van der Waals surface area contributed by atoms with Crippen molar-refractivity contribution in [2.24, 2.45) is 16.0 Å². The van der Waals surface area contributed by atoms with Crippen LogP contribution < -0.4 is 15.8 Å². The van der Waals surface area contributed by atoms with Crippen molar-refractivity contribution >= 4 is 39.6 Å². The lowest BCUT2D eigenvalue weighted by atomic mass is 10.0. The van der Waals surface area contributed by atoms with E-state index in [9.17, 15) is 32.3 Å². The number of azo groups is 1. The summed E-state index contributed by atoms with van der Waals surface area (Å²) in [4.78, 5) is 24.5. The summed E-state index contributed by atoms with van der Waals surface area (Å²) in [6, 6.07) is 13.5. The monoisotopic (exact) mass is 526 g/mol. The number of fused-ring (bicyclic) bond motifs is 1. The highest BCUT2D eigenvalue weighted by molar-refractivity contribution is 6.11. The molecule has 0 aromatic heterocycles. The topological polar surface area (TPSA) is 126 Å². The average Bonchev–Trinajstić information content (AvgIpc) is 2.88. The zero-order chi connectivity index (χ0) is 27.6. The van der Waals surface area contributed by atoms with Crippen molar-refractivity contribution in [2.45, 2.75) is 6.18 Å². The molecule has 12 heteroatoms. The van der Waals surface area contributed by atoms with Gasteiger partial charge in [-0.15, -0.1) is 10.2 Å². The predicted molar refractivity (Wildman–Crippen MR) is 131 cm³/mol. The Bertz CT molecular complexity index is 1600. The first kappa shape index (κ1) is 26.1. The van der Waals surface area contributed by atoms with Crippen LogP contribution in [0.3, 0.4) is 0 Å². The van der Waals surface area contributed by atoms with Gasteiger partial charge in [-0.3, -0.25) is 9.59 Å². The fraction of sp³-hybridized carbons (Fsp3) is 0.0769. The molecular formula is C26H18F4N4O4. The number of hydrogen-bond acceptors (Lipinski definition) is 6. The Hall–Kier alpha value is -5.00. The molecule has 4 aromatic carbocycles. The summed E-state index contributed by atoms with van der Waals surface area (Å²) < 4.78 is 58.6. The maximum absolute atomic E-state index is 14.2. The average molecular weight is 526 g/mol. The van der Waals surface area contributed by atoms with Gasteiger partial charge in [0.25, 0.3) is 5.91 Å². The number of amides is 2. The van der Waals surface area contributed by atoms with E-state index in [1.807, 2.05) is 0 Å². The van der Waals surface area contributed by atoms with Gasteiger partial charge in [0.1, 0.15) is 22.9 Å². The van der Waals surface area contributed by atoms with Crippen LogP contribution in [0.25, 0.3) is 10.8 Å². The molecule has 0 heterocycles. The molecule has 0 saturated carbocycles. The summed E-state index contributed by atoms with van der Waals surface area (Å²) >= 11 is 0. The number of alkyl halides is 3. The molecule has 0 fully saturated rings. The lowest BCUT2D eigenvalue weighted by Crippen LogP contribution is -2.15. The number of anilines is 1. The van der Waals surface area contributed by atoms with Gasteiger partial charge in [-0.25, -0.2) is 4.39 Å². The van der Waals surface area contributed by atoms with Crippen LogP contribution in [0.5, 0.6) is 11.5 Å². The number of aromatic hydroxyl groups is 1. The van der Waals surface area contributed by atoms with Gasteiger partial charge in [-0.1, -0.05) is 24.3 Å². The van der Waals surface area contributed by atoms with Gasteiger partial charge in [0, 0.05) is 10.9 Å². The zero-order valence-corrected chi connectivity index (χ0v) is 19.5. The maximum atomic E-state index is 14.2. The van der Waals surface area contributed by atoms with Crippen molar-refractivity contribution < 1.29 is 37.0 Å². The molecule has 38 heavy (non-hydrogen) atoms. The Morgan fingerprint density at radius 2 is 1.74 bits per heavy atom. The minimum atomic E-state index is -4.77. The first-order valence-electron chi connectivity index (χ1n) is 10.8. The highest BCUT2D eigenvalue weighted by Crippen LogP contribution is 2.41. The van der Waals surface area contributed by atoms with Gasteiger partial charge in [-0.05, 0) is 47.9 Å². The molecule has 8 nitrogen and oxygen atoms in total. The number of carbonyl (C=O) groups excluding carboxylic acids is 2. The smallest absolute Gasteiger partial charge is 0.416 e. The molecule has 0 radical (unpaired) electrons. The number of carbonyl (C=O) groups is 2. The minimum Gasteiger partial charge on any atom is -0.505 e. The molecule has 0 aliphatic heterocycles. The molecule has 4 N–H and O–H groups in total. The molecule has 194 valence electrons. The van der Waals surface area contributed by atoms with E-state index >= 15 is 0 Å². The SMILES string of the molecule is COc1ccc(C(N)=O)cc1N=Nc1c(O)c(C(=O)Nc2cc(C(F)(F)F)ccc2F)cc2ccccc12. The number of phenols is 1. The number of hydrogen-bond donors (Lipinski definition) is 3. The third kappa shape index (κ3) is 5.24. The highest BCUT2D eigenvalue weighted by Gasteiger charge is 2.31. The third-order valence-electron chi connectivity index (χ3n) is 5.50. The van der Waals surface area contributed by atoms with Crippen molar-refractivity contribution in [3.05, 3.63) is 89.2 Å². The van der Waals surface area contributed by atoms with Gasteiger partial charge in [0.2, 0.25) is 5.91 Å². The first-order valence-corrected chi connectivity index (χ1v) is 10.8. The standard InChI is InChI=1S/C26H18F4N4O4/c1-38-21-9-6-14(24(31)36)11-20(21)33-34-22-16-5-3-2-4-13(16)10-17(23(22)35)25(37)32-19-12-15(26(28,29)30)7-8-18(19)27/h2-12,35H,1H3,(H2,31,36)(H,32,37). The zero-order valence-electron chi connectivity index (χ0n) is 19.5. The van der Waals surface area contributed by atoms with E-state index < -0.39 is 46.4 Å². The fourth-order valence-electron chi connectivity index (χ4n) is 3.60. The molecule has 0 aliphatic carbocycles. The number of nitrogens with zero attached hydrogens (tertiary/aromatic N) is 2. The largest absolute Gasteiger partial charge is 0.505 e. The summed E-state index contributed by atoms with van der Waals surface area (Å²) in [5.41, 5.74) is 3.07. The molecule has 2 amide bonds. The lowest BCUT2D eigenvalue weighted by molar-refractivity contribution is -0.137. The van der Waals surface area contributed by atoms with Crippen molar-refractivity contribution in [3.63, 3.8) is 0 Å². The number of halogens is 4. The molecule has 0 aliphatic rings.